The molecule has 0 saturated heterocycles. The molecular weight excluding hydrogens is 308 g/mol. The molecule has 1 aliphatic rings. The normalized spacial score (nSPS) is 15.0. The van der Waals surface area contributed by atoms with Crippen LogP contribution in [0.1, 0.15) is 23.2 Å². The van der Waals surface area contributed by atoms with Crippen LogP contribution in [-0.2, 0) is 31.0 Å². The number of halogens is 1. The number of amides is 1. The fraction of sp³-hybridized carbons (Fsp3) is 0.429. The van der Waals surface area contributed by atoms with Crippen LogP contribution in [0.2, 0.25) is 4.34 Å². The Balaban J connectivity index is 1.63. The lowest BCUT2D eigenvalue weighted by atomic mass is 10.2. The molecule has 0 radical (unpaired) electrons. The number of nitrogens with one attached hydrogen (secondary N) is 1. The molecule has 0 spiro atoms. The Morgan fingerprint density at radius 2 is 2.33 bits per heavy atom. The van der Waals surface area contributed by atoms with Crippen LogP contribution in [0.15, 0.2) is 18.2 Å². The van der Waals surface area contributed by atoms with E-state index in [2.05, 4.69) is 27.4 Å². The number of hydrogen-bond donors (Lipinski definition) is 1. The highest BCUT2D eigenvalue weighted by Crippen LogP contribution is 2.24. The Kier molecular flexibility index (Phi) is 4.28. The van der Waals surface area contributed by atoms with Gasteiger partial charge in [-0.1, -0.05) is 11.6 Å². The van der Waals surface area contributed by atoms with Crippen LogP contribution in [0.25, 0.3) is 0 Å². The molecule has 0 saturated carbocycles. The van der Waals surface area contributed by atoms with E-state index >= 15 is 0 Å². The van der Waals surface area contributed by atoms with Crippen molar-refractivity contribution in [3.05, 3.63) is 38.8 Å². The standard InChI is InChI=1S/C14H17ClN4OS/c1-10(20)16-7-11-6-12-8-18(4-5-19(12)17-11)9-13-2-3-14(15)21-13/h2-3,6H,4-5,7-9H2,1H3,(H,16,20). The van der Waals surface area contributed by atoms with Crippen molar-refractivity contribution < 1.29 is 4.79 Å². The molecule has 1 amide bonds. The molecule has 0 fully saturated rings. The molecule has 7 heteroatoms. The van der Waals surface area contributed by atoms with Crippen LogP contribution in [-0.4, -0.2) is 27.1 Å². The van der Waals surface area contributed by atoms with E-state index in [0.717, 1.165) is 36.2 Å². The van der Waals surface area contributed by atoms with E-state index in [4.69, 9.17) is 11.6 Å². The molecule has 3 rings (SSSR count). The van der Waals surface area contributed by atoms with E-state index in [1.807, 2.05) is 10.7 Å². The zero-order valence-corrected chi connectivity index (χ0v) is 13.4. The largest absolute Gasteiger partial charge is 0.351 e. The summed E-state index contributed by atoms with van der Waals surface area (Å²) in [5, 5.41) is 7.31. The van der Waals surface area contributed by atoms with E-state index in [-0.39, 0.29) is 5.91 Å². The van der Waals surface area contributed by atoms with Crippen molar-refractivity contribution in [1.29, 1.82) is 0 Å². The van der Waals surface area contributed by atoms with Gasteiger partial charge in [0.1, 0.15) is 0 Å². The fourth-order valence-electron chi connectivity index (χ4n) is 2.47. The molecule has 1 aliphatic heterocycles. The van der Waals surface area contributed by atoms with Crippen molar-refractivity contribution in [3.63, 3.8) is 0 Å². The lowest BCUT2D eigenvalue weighted by molar-refractivity contribution is -0.119. The predicted molar refractivity (Wildman–Crippen MR) is 83.2 cm³/mol. The minimum absolute atomic E-state index is 0.0304. The minimum Gasteiger partial charge on any atom is -0.351 e. The second-order valence-electron chi connectivity index (χ2n) is 5.18. The molecule has 2 aromatic rings. The van der Waals surface area contributed by atoms with Crippen molar-refractivity contribution in [1.82, 2.24) is 20.0 Å². The number of thiophene rings is 1. The summed E-state index contributed by atoms with van der Waals surface area (Å²) in [5.41, 5.74) is 2.12. The summed E-state index contributed by atoms with van der Waals surface area (Å²) in [4.78, 5) is 14.6. The highest BCUT2D eigenvalue weighted by molar-refractivity contribution is 7.16. The molecule has 0 aromatic carbocycles. The Labute approximate surface area is 132 Å². The van der Waals surface area contributed by atoms with Crippen molar-refractivity contribution in [2.24, 2.45) is 0 Å². The first kappa shape index (κ1) is 14.6. The highest BCUT2D eigenvalue weighted by atomic mass is 35.5. The van der Waals surface area contributed by atoms with Gasteiger partial charge in [0.05, 0.1) is 28.8 Å². The molecular formula is C14H17ClN4OS. The Hall–Kier alpha value is -1.37. The minimum atomic E-state index is -0.0304. The SMILES string of the molecule is CC(=O)NCc1cc2n(n1)CCN(Cc1ccc(Cl)s1)C2. The van der Waals surface area contributed by atoms with Crippen LogP contribution in [0.4, 0.5) is 0 Å². The van der Waals surface area contributed by atoms with Crippen LogP contribution in [0.5, 0.6) is 0 Å². The third-order valence-corrected chi connectivity index (χ3v) is 4.67. The zero-order valence-electron chi connectivity index (χ0n) is 11.8. The number of aromatic nitrogens is 2. The van der Waals surface area contributed by atoms with Crippen molar-refractivity contribution in [3.8, 4) is 0 Å². The third-order valence-electron chi connectivity index (χ3n) is 3.45. The summed E-state index contributed by atoms with van der Waals surface area (Å²) < 4.78 is 2.87. The fourth-order valence-corrected chi connectivity index (χ4v) is 3.60. The van der Waals surface area contributed by atoms with Gasteiger partial charge in [-0.3, -0.25) is 14.4 Å². The predicted octanol–water partition coefficient (Wildman–Crippen LogP) is 2.25. The number of rotatable bonds is 4. The summed E-state index contributed by atoms with van der Waals surface area (Å²) in [7, 11) is 0. The van der Waals surface area contributed by atoms with Crippen LogP contribution in [0, 0.1) is 0 Å². The average molecular weight is 325 g/mol. The molecule has 1 N–H and O–H groups in total. The molecule has 112 valence electrons. The second kappa shape index (κ2) is 6.17. The molecule has 3 heterocycles. The average Bonchev–Trinajstić information content (AvgIpc) is 3.02. The maximum absolute atomic E-state index is 11.0. The van der Waals surface area contributed by atoms with Gasteiger partial charge in [0.2, 0.25) is 5.91 Å². The van der Waals surface area contributed by atoms with Gasteiger partial charge in [0, 0.05) is 31.4 Å². The van der Waals surface area contributed by atoms with Gasteiger partial charge < -0.3 is 5.32 Å². The van der Waals surface area contributed by atoms with Crippen LogP contribution >= 0.6 is 22.9 Å². The maximum Gasteiger partial charge on any atom is 0.217 e. The zero-order chi connectivity index (χ0) is 14.8. The third kappa shape index (κ3) is 3.64. The molecule has 0 unspecified atom stereocenters. The summed E-state index contributed by atoms with van der Waals surface area (Å²) in [6.07, 6.45) is 0. The second-order valence-corrected chi connectivity index (χ2v) is 6.98. The molecule has 0 aliphatic carbocycles. The lowest BCUT2D eigenvalue weighted by Gasteiger charge is -2.26. The van der Waals surface area contributed by atoms with Gasteiger partial charge in [-0.25, -0.2) is 0 Å². The number of hydrogen-bond acceptors (Lipinski definition) is 4. The molecule has 0 bridgehead atoms. The quantitative estimate of drug-likeness (QED) is 0.938. The number of nitrogens with zero attached hydrogens (tertiary/aromatic N) is 3. The van der Waals surface area contributed by atoms with Gasteiger partial charge in [0.15, 0.2) is 0 Å². The van der Waals surface area contributed by atoms with Gasteiger partial charge in [0.25, 0.3) is 0 Å². The van der Waals surface area contributed by atoms with E-state index in [1.54, 1.807) is 11.3 Å². The summed E-state index contributed by atoms with van der Waals surface area (Å²) >= 11 is 7.61. The monoisotopic (exact) mass is 324 g/mol. The number of carbonyl (C=O) groups is 1. The maximum atomic E-state index is 11.0. The summed E-state index contributed by atoms with van der Waals surface area (Å²) in [5.74, 6) is -0.0304. The smallest absolute Gasteiger partial charge is 0.217 e. The van der Waals surface area contributed by atoms with Crippen molar-refractivity contribution >= 4 is 28.8 Å². The lowest BCUT2D eigenvalue weighted by Crippen LogP contribution is -2.33. The Morgan fingerprint density at radius 1 is 1.48 bits per heavy atom. The highest BCUT2D eigenvalue weighted by Gasteiger charge is 2.19. The van der Waals surface area contributed by atoms with Crippen molar-refractivity contribution in [2.45, 2.75) is 33.1 Å². The first-order chi connectivity index (χ1) is 10.1. The Bertz CT molecular complexity index is 651. The number of carbonyl (C=O) groups excluding carboxylic acids is 1. The first-order valence-corrected chi connectivity index (χ1v) is 8.06. The van der Waals surface area contributed by atoms with Crippen LogP contribution < -0.4 is 5.32 Å². The van der Waals surface area contributed by atoms with Crippen LogP contribution in [0.3, 0.4) is 0 Å². The Morgan fingerprint density at radius 3 is 3.05 bits per heavy atom. The summed E-state index contributed by atoms with van der Waals surface area (Å²) in [6.45, 7) is 5.67. The van der Waals surface area contributed by atoms with E-state index < -0.39 is 0 Å². The molecule has 5 nitrogen and oxygen atoms in total. The molecule has 2 aromatic heterocycles. The van der Waals surface area contributed by atoms with Gasteiger partial charge in [-0.15, -0.1) is 11.3 Å². The van der Waals surface area contributed by atoms with Crippen molar-refractivity contribution in [2.75, 3.05) is 6.54 Å². The van der Waals surface area contributed by atoms with Gasteiger partial charge in [-0.05, 0) is 18.2 Å². The first-order valence-electron chi connectivity index (χ1n) is 6.87. The van der Waals surface area contributed by atoms with E-state index in [1.165, 1.54) is 17.5 Å². The topological polar surface area (TPSA) is 50.2 Å². The number of fused-ring (bicyclic) bond motifs is 1. The van der Waals surface area contributed by atoms with Gasteiger partial charge >= 0.3 is 0 Å². The van der Waals surface area contributed by atoms with E-state index in [9.17, 15) is 4.79 Å². The van der Waals surface area contributed by atoms with Gasteiger partial charge in [-0.2, -0.15) is 5.10 Å². The van der Waals surface area contributed by atoms with E-state index in [0.29, 0.717) is 6.54 Å². The summed E-state index contributed by atoms with van der Waals surface area (Å²) in [6, 6.07) is 6.10. The molecule has 0 atom stereocenters. The molecule has 21 heavy (non-hydrogen) atoms.